The lowest BCUT2D eigenvalue weighted by Gasteiger charge is -2.30. The monoisotopic (exact) mass is 740 g/mol. The van der Waals surface area contributed by atoms with Gasteiger partial charge >= 0.3 is 6.01 Å². The molecule has 1 fully saturated rings. The predicted octanol–water partition coefficient (Wildman–Crippen LogP) is 8.11. The van der Waals surface area contributed by atoms with Crippen LogP contribution in [0.15, 0.2) is 24.3 Å². The number of alkyl halides is 1. The molecule has 0 aliphatic carbocycles. The van der Waals surface area contributed by atoms with Crippen LogP contribution in [0.2, 0.25) is 5.02 Å². The van der Waals surface area contributed by atoms with E-state index in [9.17, 15) is 8.78 Å². The Morgan fingerprint density at radius 3 is 2.57 bits per heavy atom. The molecule has 2 aliphatic rings. The van der Waals surface area contributed by atoms with Crippen LogP contribution in [0.1, 0.15) is 56.5 Å². The van der Waals surface area contributed by atoms with Crippen molar-refractivity contribution in [1.29, 1.82) is 5.41 Å². The molecule has 5 N–H and O–H groups in total. The number of pyridine rings is 1. The van der Waals surface area contributed by atoms with Crippen molar-refractivity contribution in [3.63, 3.8) is 0 Å². The molecule has 7 rings (SSSR count). The van der Waals surface area contributed by atoms with Gasteiger partial charge < -0.3 is 31.3 Å². The fraction of sp³-hybridized carbons (Fsp3) is 0.389. The molecule has 3 atom stereocenters. The van der Waals surface area contributed by atoms with E-state index in [2.05, 4.69) is 33.7 Å². The van der Waals surface area contributed by atoms with E-state index in [0.29, 0.717) is 30.8 Å². The first kappa shape index (κ1) is 36.4. The maximum atomic E-state index is 16.7. The van der Waals surface area contributed by atoms with Gasteiger partial charge in [-0.25, -0.2) is 18.2 Å². The lowest BCUT2D eigenvalue weighted by atomic mass is 9.96. The number of aromatic nitrogens is 3. The smallest absolute Gasteiger partial charge is 0.318 e. The molecule has 0 saturated carbocycles. The van der Waals surface area contributed by atoms with Crippen molar-refractivity contribution in [1.82, 2.24) is 19.9 Å². The van der Waals surface area contributed by atoms with E-state index in [0.717, 1.165) is 48.2 Å². The van der Waals surface area contributed by atoms with Crippen LogP contribution in [-0.2, 0) is 0 Å². The summed E-state index contributed by atoms with van der Waals surface area (Å²) in [5, 5.41) is 8.61. The van der Waals surface area contributed by atoms with Gasteiger partial charge in [0.15, 0.2) is 11.6 Å². The number of aryl methyl sites for hydroxylation is 1. The number of benzene rings is 2. The zero-order valence-electron chi connectivity index (χ0n) is 29.0. The van der Waals surface area contributed by atoms with Gasteiger partial charge in [0.2, 0.25) is 0 Å². The highest BCUT2D eigenvalue weighted by molar-refractivity contribution is 7.23. The normalized spacial score (nSPS) is 17.9. The van der Waals surface area contributed by atoms with Crippen molar-refractivity contribution in [3.8, 4) is 22.9 Å². The number of rotatable bonds is 7. The highest BCUT2D eigenvalue weighted by Crippen LogP contribution is 2.51. The SMILES string of the molecule is CCC1CC(F)CN1CC.COc1nc2c3c(c(Cl)c(-c4ccc(F)c5sc(N)c(C=N)c45)c(F)c3n1)OCCN2C(C)c1ccc(C)nc1N. The van der Waals surface area contributed by atoms with Crippen LogP contribution in [0.4, 0.5) is 29.8 Å². The molecular formula is C36H40ClF3N8O2S. The summed E-state index contributed by atoms with van der Waals surface area (Å²) in [6.07, 6.45) is 2.30. The largest absolute Gasteiger partial charge is 0.489 e. The third-order valence-corrected chi connectivity index (χ3v) is 11.0. The second-order valence-electron chi connectivity index (χ2n) is 12.5. The van der Waals surface area contributed by atoms with Crippen LogP contribution < -0.4 is 25.8 Å². The number of hydrogen-bond donors (Lipinski definition) is 3. The van der Waals surface area contributed by atoms with E-state index in [1.807, 2.05) is 30.9 Å². The Bertz CT molecular complexity index is 2120. The molecule has 10 nitrogen and oxygen atoms in total. The molecule has 3 aromatic heterocycles. The van der Waals surface area contributed by atoms with E-state index < -0.39 is 17.8 Å². The van der Waals surface area contributed by atoms with E-state index >= 15 is 4.39 Å². The topological polar surface area (TPSA) is 140 Å². The van der Waals surface area contributed by atoms with Crippen LogP contribution in [0, 0.1) is 24.0 Å². The van der Waals surface area contributed by atoms with Crippen molar-refractivity contribution in [2.45, 2.75) is 58.8 Å². The first-order chi connectivity index (χ1) is 24.4. The molecule has 3 unspecified atom stereocenters. The van der Waals surface area contributed by atoms with E-state index in [-0.39, 0.29) is 72.1 Å². The number of anilines is 3. The van der Waals surface area contributed by atoms with Gasteiger partial charge in [-0.05, 0) is 50.9 Å². The molecule has 0 bridgehead atoms. The van der Waals surface area contributed by atoms with Crippen LogP contribution in [0.5, 0.6) is 11.8 Å². The first-order valence-corrected chi connectivity index (χ1v) is 17.9. The number of thiophene rings is 1. The molecule has 0 spiro atoms. The summed E-state index contributed by atoms with van der Waals surface area (Å²) < 4.78 is 56.0. The Balaban J connectivity index is 0.000000388. The second kappa shape index (κ2) is 14.7. The van der Waals surface area contributed by atoms with Crippen LogP contribution >= 0.6 is 22.9 Å². The number of fused-ring (bicyclic) bond motifs is 1. The van der Waals surface area contributed by atoms with E-state index in [4.69, 9.17) is 38.0 Å². The average Bonchev–Trinajstić information content (AvgIpc) is 3.59. The minimum Gasteiger partial charge on any atom is -0.489 e. The Morgan fingerprint density at radius 2 is 1.92 bits per heavy atom. The van der Waals surface area contributed by atoms with Crippen molar-refractivity contribution in [3.05, 3.63) is 57.7 Å². The van der Waals surface area contributed by atoms with Crippen LogP contribution in [-0.4, -0.2) is 71.6 Å². The Labute approximate surface area is 303 Å². The first-order valence-electron chi connectivity index (χ1n) is 16.7. The number of halogens is 4. The number of hydrogen-bond acceptors (Lipinski definition) is 11. The van der Waals surface area contributed by atoms with Crippen LogP contribution in [0.25, 0.3) is 32.1 Å². The number of ether oxygens (including phenoxy) is 2. The van der Waals surface area contributed by atoms with Gasteiger partial charge in [-0.15, -0.1) is 11.3 Å². The second-order valence-corrected chi connectivity index (χ2v) is 14.0. The van der Waals surface area contributed by atoms with Crippen molar-refractivity contribution < 1.29 is 22.6 Å². The van der Waals surface area contributed by atoms with E-state index in [1.54, 1.807) is 0 Å². The molecule has 5 heterocycles. The molecule has 0 amide bonds. The zero-order valence-corrected chi connectivity index (χ0v) is 30.6. The summed E-state index contributed by atoms with van der Waals surface area (Å²) in [4.78, 5) is 17.5. The maximum Gasteiger partial charge on any atom is 0.318 e. The van der Waals surface area contributed by atoms with Gasteiger partial charge in [0.25, 0.3) is 0 Å². The lowest BCUT2D eigenvalue weighted by molar-refractivity contribution is 0.251. The van der Waals surface area contributed by atoms with E-state index in [1.165, 1.54) is 19.2 Å². The molecule has 15 heteroatoms. The summed E-state index contributed by atoms with van der Waals surface area (Å²) in [6, 6.07) is 6.51. The maximum absolute atomic E-state index is 16.7. The lowest BCUT2D eigenvalue weighted by Crippen LogP contribution is -2.31. The number of nitrogen functional groups attached to an aromatic ring is 2. The fourth-order valence-electron chi connectivity index (χ4n) is 7.04. The number of nitrogens with one attached hydrogen (secondary N) is 1. The van der Waals surface area contributed by atoms with Crippen molar-refractivity contribution in [2.24, 2.45) is 0 Å². The number of methoxy groups -OCH3 is 1. The van der Waals surface area contributed by atoms with Crippen LogP contribution in [0.3, 0.4) is 0 Å². The zero-order chi connectivity index (χ0) is 36.7. The molecule has 5 aromatic rings. The number of likely N-dealkylation sites (tertiary alicyclic amines) is 1. The molecular weight excluding hydrogens is 701 g/mol. The van der Waals surface area contributed by atoms with Gasteiger partial charge in [-0.2, -0.15) is 9.97 Å². The Hall–Kier alpha value is -4.40. The summed E-state index contributed by atoms with van der Waals surface area (Å²) >= 11 is 7.91. The van der Waals surface area contributed by atoms with Gasteiger partial charge in [0.05, 0.1) is 39.8 Å². The third kappa shape index (κ3) is 6.49. The quantitative estimate of drug-likeness (QED) is 0.141. The van der Waals surface area contributed by atoms with Gasteiger partial charge in [0.1, 0.15) is 35.7 Å². The summed E-state index contributed by atoms with van der Waals surface area (Å²) in [5.74, 6) is -0.419. The minimum atomic E-state index is -0.779. The summed E-state index contributed by atoms with van der Waals surface area (Å²) in [5.41, 5.74) is 14.3. The number of nitrogens with zero attached hydrogens (tertiary/aromatic N) is 5. The molecule has 1 saturated heterocycles. The van der Waals surface area contributed by atoms with Gasteiger partial charge in [0, 0.05) is 46.6 Å². The van der Waals surface area contributed by atoms with Gasteiger partial charge in [-0.3, -0.25) is 4.90 Å². The Kier molecular flexibility index (Phi) is 10.5. The Morgan fingerprint density at radius 1 is 1.16 bits per heavy atom. The van der Waals surface area contributed by atoms with Crippen molar-refractivity contribution >= 4 is 66.8 Å². The average molecular weight is 741 g/mol. The summed E-state index contributed by atoms with van der Waals surface area (Å²) in [6.45, 7) is 10.2. The molecule has 51 heavy (non-hydrogen) atoms. The van der Waals surface area contributed by atoms with Gasteiger partial charge in [-0.1, -0.05) is 37.6 Å². The fourth-order valence-corrected chi connectivity index (χ4v) is 8.35. The highest BCUT2D eigenvalue weighted by Gasteiger charge is 2.34. The standard InChI is InChI=1S/C28H24ClF2N7O2S.C8H16FN/c1-11-4-5-13(25(33)35-11)12(2)38-8-9-40-23-19-22(36-28(39-3)37-27(19)38)21(31)18(20(23)29)14-6-7-16(30)24-17(14)15(10-32)26(34)41-24;1-3-8-5-7(9)6-10(8)4-2/h4-7,10,12,32H,8-9,34H2,1-3H3,(H2,33,35);7-8H,3-6H2,1-2H3. The number of nitrogens with two attached hydrogens (primary N) is 2. The molecule has 2 aliphatic heterocycles. The minimum absolute atomic E-state index is 0.0374. The third-order valence-electron chi connectivity index (χ3n) is 9.61. The molecule has 270 valence electrons. The predicted molar refractivity (Wildman–Crippen MR) is 200 cm³/mol. The molecule has 2 aromatic carbocycles. The highest BCUT2D eigenvalue weighted by atomic mass is 35.5. The summed E-state index contributed by atoms with van der Waals surface area (Å²) in [7, 11) is 1.39. The molecule has 0 radical (unpaired) electrons. The van der Waals surface area contributed by atoms with Crippen molar-refractivity contribution in [2.75, 3.05) is 49.7 Å².